The van der Waals surface area contributed by atoms with Gasteiger partial charge in [-0.25, -0.2) is 4.68 Å². The second-order valence-corrected chi connectivity index (χ2v) is 8.67. The van der Waals surface area contributed by atoms with Gasteiger partial charge in [-0.2, -0.15) is 5.10 Å². The second kappa shape index (κ2) is 11.5. The summed E-state index contributed by atoms with van der Waals surface area (Å²) in [6, 6.07) is 16.6. The molecule has 0 saturated carbocycles. The molecule has 1 aromatic heterocycles. The van der Waals surface area contributed by atoms with Crippen molar-refractivity contribution < 1.29 is 4.79 Å². The molecular formula is C25H30Cl2N4O. The van der Waals surface area contributed by atoms with E-state index in [9.17, 15) is 4.79 Å². The third kappa shape index (κ3) is 6.12. The fraction of sp³-hybridized carbons (Fsp3) is 0.360. The van der Waals surface area contributed by atoms with Gasteiger partial charge in [0.1, 0.15) is 5.69 Å². The van der Waals surface area contributed by atoms with Gasteiger partial charge in [-0.3, -0.25) is 4.79 Å². The van der Waals surface area contributed by atoms with Crippen LogP contribution in [0.1, 0.15) is 44.1 Å². The standard InChI is InChI=1S/C25H30Cl2N4O/c1-4-30(5-2)16-8-9-18(3)28-25(32)24-17-23(21-10-6-7-11-22(21)27)29-31(24)20-14-12-19(26)13-15-20/h6-7,10-15,17-18H,4-5,8-9,16H2,1-3H3,(H,28,32). The molecule has 0 spiro atoms. The summed E-state index contributed by atoms with van der Waals surface area (Å²) in [5.41, 5.74) is 2.64. The van der Waals surface area contributed by atoms with Crippen LogP contribution in [-0.2, 0) is 0 Å². The van der Waals surface area contributed by atoms with E-state index in [-0.39, 0.29) is 11.9 Å². The van der Waals surface area contributed by atoms with Gasteiger partial charge in [0.15, 0.2) is 0 Å². The van der Waals surface area contributed by atoms with Gasteiger partial charge >= 0.3 is 0 Å². The van der Waals surface area contributed by atoms with E-state index in [4.69, 9.17) is 28.3 Å². The van der Waals surface area contributed by atoms with Crippen molar-refractivity contribution in [1.29, 1.82) is 0 Å². The summed E-state index contributed by atoms with van der Waals surface area (Å²) in [4.78, 5) is 15.6. The molecule has 0 aliphatic rings. The zero-order valence-corrected chi connectivity index (χ0v) is 20.3. The highest BCUT2D eigenvalue weighted by Gasteiger charge is 2.20. The quantitative estimate of drug-likeness (QED) is 0.388. The number of carbonyl (C=O) groups excluding carboxylic acids is 1. The predicted molar refractivity (Wildman–Crippen MR) is 133 cm³/mol. The van der Waals surface area contributed by atoms with Crippen LogP contribution >= 0.6 is 23.2 Å². The number of carbonyl (C=O) groups is 1. The number of hydrogen-bond acceptors (Lipinski definition) is 3. The maximum Gasteiger partial charge on any atom is 0.270 e. The van der Waals surface area contributed by atoms with Crippen LogP contribution < -0.4 is 5.32 Å². The SMILES string of the molecule is CCN(CC)CCCC(C)NC(=O)c1cc(-c2ccccc2Cl)nn1-c1ccc(Cl)cc1. The molecule has 0 aliphatic carbocycles. The zero-order chi connectivity index (χ0) is 23.1. The Morgan fingerprint density at radius 2 is 1.78 bits per heavy atom. The largest absolute Gasteiger partial charge is 0.348 e. The lowest BCUT2D eigenvalue weighted by Gasteiger charge is -2.20. The van der Waals surface area contributed by atoms with Crippen molar-refractivity contribution in [3.63, 3.8) is 0 Å². The number of rotatable bonds is 10. The number of aromatic nitrogens is 2. The molecule has 3 aromatic rings. The summed E-state index contributed by atoms with van der Waals surface area (Å²) in [5.74, 6) is -0.166. The van der Waals surface area contributed by atoms with Gasteiger partial charge in [-0.05, 0) is 75.8 Å². The lowest BCUT2D eigenvalue weighted by Crippen LogP contribution is -2.34. The minimum absolute atomic E-state index is 0.0513. The molecular weight excluding hydrogens is 443 g/mol. The second-order valence-electron chi connectivity index (χ2n) is 7.83. The summed E-state index contributed by atoms with van der Waals surface area (Å²) in [5, 5.41) is 9.04. The number of amides is 1. The smallest absolute Gasteiger partial charge is 0.270 e. The Kier molecular flexibility index (Phi) is 8.74. The molecule has 0 bridgehead atoms. The fourth-order valence-corrected chi connectivity index (χ4v) is 4.01. The van der Waals surface area contributed by atoms with Gasteiger partial charge in [0, 0.05) is 16.6 Å². The fourth-order valence-electron chi connectivity index (χ4n) is 3.65. The molecule has 3 rings (SSSR count). The number of benzene rings is 2. The molecule has 0 saturated heterocycles. The monoisotopic (exact) mass is 472 g/mol. The summed E-state index contributed by atoms with van der Waals surface area (Å²) >= 11 is 12.4. The molecule has 5 nitrogen and oxygen atoms in total. The number of hydrogen-bond donors (Lipinski definition) is 1. The van der Waals surface area contributed by atoms with Crippen molar-refractivity contribution in [2.24, 2.45) is 0 Å². The minimum Gasteiger partial charge on any atom is -0.348 e. The van der Waals surface area contributed by atoms with Crippen molar-refractivity contribution in [3.05, 3.63) is 70.3 Å². The lowest BCUT2D eigenvalue weighted by molar-refractivity contribution is 0.0929. The van der Waals surface area contributed by atoms with E-state index in [0.717, 1.165) is 43.7 Å². The average Bonchev–Trinajstić information content (AvgIpc) is 3.23. The van der Waals surface area contributed by atoms with Gasteiger partial charge in [-0.15, -0.1) is 0 Å². The highest BCUT2D eigenvalue weighted by Crippen LogP contribution is 2.28. The molecule has 0 radical (unpaired) electrons. The molecule has 0 aliphatic heterocycles. The van der Waals surface area contributed by atoms with Gasteiger partial charge in [0.05, 0.1) is 16.4 Å². The molecule has 1 N–H and O–H groups in total. The lowest BCUT2D eigenvalue weighted by atomic mass is 10.1. The molecule has 1 heterocycles. The Balaban J connectivity index is 1.83. The van der Waals surface area contributed by atoms with E-state index in [1.807, 2.05) is 43.3 Å². The first kappa shape index (κ1) is 24.3. The Labute approximate surface area is 200 Å². The topological polar surface area (TPSA) is 50.2 Å². The third-order valence-electron chi connectivity index (χ3n) is 5.55. The van der Waals surface area contributed by atoms with Crippen molar-refractivity contribution in [2.75, 3.05) is 19.6 Å². The molecule has 1 amide bonds. The van der Waals surface area contributed by atoms with Crippen LogP contribution in [0.3, 0.4) is 0 Å². The highest BCUT2D eigenvalue weighted by molar-refractivity contribution is 6.33. The molecule has 1 atom stereocenters. The number of nitrogens with one attached hydrogen (secondary N) is 1. The van der Waals surface area contributed by atoms with Crippen LogP contribution in [0, 0.1) is 0 Å². The maximum absolute atomic E-state index is 13.2. The van der Waals surface area contributed by atoms with E-state index in [2.05, 4.69) is 24.1 Å². The molecule has 32 heavy (non-hydrogen) atoms. The van der Waals surface area contributed by atoms with Crippen molar-refractivity contribution in [1.82, 2.24) is 20.0 Å². The van der Waals surface area contributed by atoms with E-state index in [1.165, 1.54) is 0 Å². The van der Waals surface area contributed by atoms with Crippen LogP contribution in [0.4, 0.5) is 0 Å². The first-order valence-corrected chi connectivity index (χ1v) is 11.8. The van der Waals surface area contributed by atoms with Crippen LogP contribution in [0.15, 0.2) is 54.6 Å². The molecule has 2 aromatic carbocycles. The molecule has 0 fully saturated rings. The summed E-state index contributed by atoms with van der Waals surface area (Å²) in [6.45, 7) is 9.50. The molecule has 170 valence electrons. The van der Waals surface area contributed by atoms with Crippen LogP contribution in [0.2, 0.25) is 10.0 Å². The van der Waals surface area contributed by atoms with Gasteiger partial charge in [0.25, 0.3) is 5.91 Å². The number of halogens is 2. The maximum atomic E-state index is 13.2. The van der Waals surface area contributed by atoms with Gasteiger partial charge < -0.3 is 10.2 Å². The van der Waals surface area contributed by atoms with Crippen molar-refractivity contribution in [3.8, 4) is 16.9 Å². The summed E-state index contributed by atoms with van der Waals surface area (Å²) in [6.07, 6.45) is 1.94. The van der Waals surface area contributed by atoms with E-state index < -0.39 is 0 Å². The Bertz CT molecular complexity index is 1030. The van der Waals surface area contributed by atoms with Crippen molar-refractivity contribution >= 4 is 29.1 Å². The molecule has 7 heteroatoms. The minimum atomic E-state index is -0.166. The van der Waals surface area contributed by atoms with E-state index in [0.29, 0.717) is 21.4 Å². The zero-order valence-electron chi connectivity index (χ0n) is 18.8. The van der Waals surface area contributed by atoms with E-state index >= 15 is 0 Å². The van der Waals surface area contributed by atoms with Crippen LogP contribution in [-0.4, -0.2) is 46.3 Å². The Hall–Kier alpha value is -2.34. The first-order valence-electron chi connectivity index (χ1n) is 11.1. The summed E-state index contributed by atoms with van der Waals surface area (Å²) < 4.78 is 1.65. The van der Waals surface area contributed by atoms with Crippen LogP contribution in [0.25, 0.3) is 16.9 Å². The molecule has 1 unspecified atom stereocenters. The van der Waals surface area contributed by atoms with Gasteiger partial charge in [0.2, 0.25) is 0 Å². The third-order valence-corrected chi connectivity index (χ3v) is 6.13. The number of nitrogens with zero attached hydrogens (tertiary/aromatic N) is 3. The van der Waals surface area contributed by atoms with E-state index in [1.54, 1.807) is 22.9 Å². The average molecular weight is 473 g/mol. The van der Waals surface area contributed by atoms with Crippen molar-refractivity contribution in [2.45, 2.75) is 39.7 Å². The highest BCUT2D eigenvalue weighted by atomic mass is 35.5. The van der Waals surface area contributed by atoms with Crippen LogP contribution in [0.5, 0.6) is 0 Å². The Morgan fingerprint density at radius 1 is 1.09 bits per heavy atom. The summed E-state index contributed by atoms with van der Waals surface area (Å²) in [7, 11) is 0. The van der Waals surface area contributed by atoms with Gasteiger partial charge in [-0.1, -0.05) is 55.2 Å². The first-order chi connectivity index (χ1) is 15.4. The normalized spacial score (nSPS) is 12.2. The Morgan fingerprint density at radius 3 is 2.44 bits per heavy atom. The predicted octanol–water partition coefficient (Wildman–Crippen LogP) is 6.09.